The van der Waals surface area contributed by atoms with E-state index in [1.54, 1.807) is 42.9 Å². The molecule has 0 unspecified atom stereocenters. The Balaban J connectivity index is -0.0000000504. The number of hydrogen-bond acceptors (Lipinski definition) is 21. The van der Waals surface area contributed by atoms with Crippen LogP contribution in [0.5, 0.6) is 11.5 Å². The Hall–Kier alpha value is -1.29. The van der Waals surface area contributed by atoms with E-state index in [9.17, 15) is 49.5 Å². The summed E-state index contributed by atoms with van der Waals surface area (Å²) >= 11 is 7.24. The fourth-order valence-electron chi connectivity index (χ4n) is 2.68. The number of aromatic hydroxyl groups is 2. The first-order valence-corrected chi connectivity index (χ1v) is 21.5. The van der Waals surface area contributed by atoms with Gasteiger partial charge in [0, 0.05) is 60.8 Å². The van der Waals surface area contributed by atoms with Crippen molar-refractivity contribution in [1.29, 1.82) is 0 Å². The van der Waals surface area contributed by atoms with Crippen molar-refractivity contribution < 1.29 is 288 Å². The summed E-state index contributed by atoms with van der Waals surface area (Å²) < 4.78 is 96.3. The van der Waals surface area contributed by atoms with Crippen molar-refractivity contribution in [3.63, 3.8) is 0 Å². The maximum Gasteiger partial charge on any atom is 1.00 e. The number of aromatic carboxylic acids is 1. The maximum atomic E-state index is 10.8. The summed E-state index contributed by atoms with van der Waals surface area (Å²) in [6.45, 7) is -0.152. The van der Waals surface area contributed by atoms with Crippen LogP contribution in [0.4, 0.5) is 49.5 Å². The number of ether oxygens (including phenoxy) is 2. The zero-order valence-corrected chi connectivity index (χ0v) is 61.7. The van der Waals surface area contributed by atoms with E-state index in [1.165, 1.54) is 44.7 Å². The van der Waals surface area contributed by atoms with Gasteiger partial charge in [-0.3, -0.25) is 14.8 Å². The van der Waals surface area contributed by atoms with Gasteiger partial charge in [0.25, 0.3) is 6.47 Å². The van der Waals surface area contributed by atoms with Crippen LogP contribution >= 0.6 is 65.9 Å². The Kier molecular flexibility index (Phi) is 108. The van der Waals surface area contributed by atoms with Gasteiger partial charge in [-0.05, 0) is 60.7 Å². The minimum absolute atomic E-state index is 0. The monoisotopic (exact) mass is 1590 g/mol. The van der Waals surface area contributed by atoms with Gasteiger partial charge in [0.15, 0.2) is 0 Å². The number of halogens is 13. The number of esters is 2. The molecule has 22 nitrogen and oxygen atoms in total. The van der Waals surface area contributed by atoms with E-state index in [0.29, 0.717) is 11.4 Å². The largest absolute Gasteiger partial charge is 1.00 e. The second-order valence-corrected chi connectivity index (χ2v) is 13.0. The van der Waals surface area contributed by atoms with Crippen LogP contribution in [0, 0.1) is 0 Å². The summed E-state index contributed by atoms with van der Waals surface area (Å²) in [5, 5.41) is 50.6. The minimum Gasteiger partial charge on any atom is -1.00 e. The predicted molar refractivity (Wildman–Crippen MR) is 261 cm³/mol. The summed E-state index contributed by atoms with van der Waals surface area (Å²) in [5.74, 6) is -4.71. The molecule has 423 valence electrons. The van der Waals surface area contributed by atoms with Crippen molar-refractivity contribution in [2.45, 2.75) is 17.8 Å². The Labute approximate surface area is 618 Å². The van der Waals surface area contributed by atoms with Crippen LogP contribution in [-0.4, -0.2) is 134 Å². The molecule has 0 spiro atoms. The third-order valence-electron chi connectivity index (χ3n) is 4.96. The first kappa shape index (κ1) is 105. The number of alkyl halides is 4. The molecule has 0 aliphatic rings. The molecule has 0 fully saturated rings. The Bertz CT molecular complexity index is 2120. The Morgan fingerprint density at radius 2 is 0.962 bits per heavy atom. The number of carbonyl (C=O) groups is 7. The Morgan fingerprint density at radius 3 is 1.14 bits per heavy atom. The van der Waals surface area contributed by atoms with Gasteiger partial charge in [0.1, 0.15) is 28.6 Å². The van der Waals surface area contributed by atoms with E-state index < -0.39 is 51.9 Å². The number of nitrogens with zero attached hydrogens (tertiary/aromatic N) is 5. The minimum atomic E-state index is -2.83. The number of carbonyl (C=O) groups excluding carboxylic acids is 6. The van der Waals surface area contributed by atoms with E-state index in [4.69, 9.17) is 54.2 Å². The Morgan fingerprint density at radius 1 is 0.679 bits per heavy atom. The number of aliphatic hydroxyl groups excluding tert-OH is 2. The molecule has 0 saturated heterocycles. The van der Waals surface area contributed by atoms with Crippen molar-refractivity contribution in [3.05, 3.63) is 138 Å². The van der Waals surface area contributed by atoms with Crippen LogP contribution in [0.1, 0.15) is 45.7 Å². The molecule has 3 radical (unpaired) electrons. The number of rotatable bonds is 6. The van der Waals surface area contributed by atoms with Gasteiger partial charge >= 0.3 is 210 Å². The zero-order chi connectivity index (χ0) is 58.2. The van der Waals surface area contributed by atoms with Gasteiger partial charge < -0.3 is 48.0 Å². The molecular weight excluding hydrogens is 1550 g/mol. The van der Waals surface area contributed by atoms with E-state index in [1.807, 2.05) is 30.3 Å². The van der Waals surface area contributed by atoms with Gasteiger partial charge in [-0.15, -0.1) is 43.3 Å². The van der Waals surface area contributed by atoms with Crippen molar-refractivity contribution in [1.82, 2.24) is 24.9 Å². The fourth-order valence-corrected chi connectivity index (χ4v) is 3.01. The third-order valence-corrected chi connectivity index (χ3v) is 5.53. The topological polar surface area (TPSA) is 353 Å². The molecule has 0 amide bonds. The quantitative estimate of drug-likeness (QED) is 0.0211. The molecule has 5 aromatic heterocycles. The van der Waals surface area contributed by atoms with Crippen LogP contribution in [0.3, 0.4) is 0 Å². The first-order valence-electron chi connectivity index (χ1n) is 17.2. The predicted octanol–water partition coefficient (Wildman–Crippen LogP) is -0.418. The number of carboxylic acid groups (broad SMARTS) is 1. The molecule has 40 heteroatoms. The van der Waals surface area contributed by atoms with Crippen LogP contribution < -0.4 is 173 Å². The molecule has 0 aromatic carbocycles. The second kappa shape index (κ2) is 79.9. The van der Waals surface area contributed by atoms with E-state index in [0.717, 1.165) is 24.3 Å². The molecule has 5 N–H and O–H groups in total. The zero-order valence-electron chi connectivity index (χ0n) is 42.8. The number of hydrogen-bond donors (Lipinski definition) is 5. The molecule has 5 aromatic rings. The van der Waals surface area contributed by atoms with Crippen molar-refractivity contribution in [2.24, 2.45) is 0 Å². The molecule has 0 atom stereocenters. The van der Waals surface area contributed by atoms with Crippen LogP contribution in [-0.2, 0) is 40.3 Å². The number of methoxy groups -OCH3 is 2. The molecule has 0 saturated carbocycles. The van der Waals surface area contributed by atoms with Gasteiger partial charge in [0.05, 0.1) is 44.6 Å². The first-order chi connectivity index (χ1) is 34.2. The van der Waals surface area contributed by atoms with Gasteiger partial charge in [-0.2, -0.15) is 8.78 Å². The second-order valence-electron chi connectivity index (χ2n) is 9.54. The summed E-state index contributed by atoms with van der Waals surface area (Å²) in [6.07, 6.45) is -1.23. The van der Waals surface area contributed by atoms with Crippen LogP contribution in [0.25, 0.3) is 0 Å². The summed E-state index contributed by atoms with van der Waals surface area (Å²) in [6, 6.07) is 21.7. The van der Waals surface area contributed by atoms with E-state index >= 15 is 0 Å². The smallest absolute Gasteiger partial charge is 1.00 e. The molecule has 0 bridgehead atoms. The molecule has 0 aliphatic heterocycles. The van der Waals surface area contributed by atoms with E-state index in [-0.39, 0.29) is 232 Å². The number of aromatic nitrogens is 5. The number of pyridine rings is 5. The third kappa shape index (κ3) is 100. The summed E-state index contributed by atoms with van der Waals surface area (Å²) in [4.78, 5) is 86.0. The standard InChI is InChI=1S/C7H7NO3.C7H7NO2.C6H6BrN.C6H5NO3.C6H7NO.CHClF2.3CF2O.CH2O3.CH4O.B.BrH.Cl2OS.2Cs.Na.2H/c1-11-7(10)6-3-2-5(9)4-8-6;1-10-7(9)6-4-2-3-5-8-6;7-5-6-3-1-2-4-8-6;8-4-1-2-5(6(9)10)7-3-4;8-5-6-3-1-2-4-7-6;4*2-1(3)4;2-1-4-3;1-2;;;1-4(2)3;;;;;/h2-4,9H,1H3;2-5H,1H3;1-4H,5H2;1-3,8H,(H,9,10);1-4,8H,5H2;1H;;;;1,3H;2H,1H3;;1H;;;;;;/q;;;;;;;;;;;;;;3*+1;2*-1/p-1. The van der Waals surface area contributed by atoms with E-state index in [2.05, 4.69) is 88.2 Å². The maximum absolute atomic E-state index is 10.8. The van der Waals surface area contributed by atoms with Crippen molar-refractivity contribution in [2.75, 3.05) is 21.3 Å². The van der Waals surface area contributed by atoms with Crippen molar-refractivity contribution >= 4 is 127 Å². The fraction of sp³-hybridized carbons (Fsp3) is 0.158. The van der Waals surface area contributed by atoms with Crippen LogP contribution in [0.2, 0.25) is 0 Å². The molecular formula is C38H41BBr2Cl3Cs2F8N5NaO17S. The van der Waals surface area contributed by atoms with Gasteiger partial charge in [-0.1, -0.05) is 45.7 Å². The number of aliphatic hydroxyl groups is 2. The molecule has 0 aliphatic carbocycles. The molecule has 5 rings (SSSR count). The van der Waals surface area contributed by atoms with Crippen LogP contribution in [0.15, 0.2) is 110 Å². The molecule has 78 heavy (non-hydrogen) atoms. The number of carboxylic acids is 1. The van der Waals surface area contributed by atoms with Crippen molar-refractivity contribution in [3.8, 4) is 11.5 Å². The summed E-state index contributed by atoms with van der Waals surface area (Å²) in [7, 11) is 11.0. The normalized spacial score (nSPS) is 7.74. The SMILES string of the molecule is Br.BrCc1ccccn1.CO.COC(=O)c1ccc(O)cn1.COC(=O)c1ccccn1.FC(F)Cl.O=C(F)F.O=C(F)F.O=C(F)F.O=C(O)c1ccc(O)cn1.O=CO[O-].O=S(Cl)Cl.OCc1ccccn1.[B].[Cs+].[Cs+].[H-].[H-].[Na+]. The average molecular weight is 1590 g/mol. The molecule has 5 heterocycles. The average Bonchev–Trinajstić information content (AvgIpc) is 3.35. The van der Waals surface area contributed by atoms with Gasteiger partial charge in [-0.25, -0.2) is 47.9 Å². The van der Waals surface area contributed by atoms with Gasteiger partial charge in [0.2, 0.25) is 9.23 Å². The summed E-state index contributed by atoms with van der Waals surface area (Å²) in [5.41, 5.74) is 2.24.